The lowest BCUT2D eigenvalue weighted by Crippen LogP contribution is -1.98. The van der Waals surface area contributed by atoms with E-state index in [1.807, 2.05) is 53.1 Å². The maximum atomic E-state index is 13.3. The van der Waals surface area contributed by atoms with Crippen LogP contribution >= 0.6 is 0 Å². The van der Waals surface area contributed by atoms with Gasteiger partial charge in [-0.2, -0.15) is 0 Å². The van der Waals surface area contributed by atoms with E-state index in [2.05, 4.69) is 0 Å². The van der Waals surface area contributed by atoms with Gasteiger partial charge in [0.2, 0.25) is 0 Å². The van der Waals surface area contributed by atoms with Crippen LogP contribution in [-0.2, 0) is 0 Å². The maximum Gasteiger partial charge on any atom is 0.145 e. The first-order valence-corrected chi connectivity index (χ1v) is 7.32. The lowest BCUT2D eigenvalue weighted by molar-refractivity contribution is 0.627. The number of fused-ring (bicyclic) bond motifs is 1. The van der Waals surface area contributed by atoms with E-state index in [9.17, 15) is 4.39 Å². The molecule has 0 bridgehead atoms. The SMILES string of the molecule is Nc1cccc(-c2nc3ccccc3n2-c2ccc(F)cc2)c1. The number of nitrogens with two attached hydrogens (primary N) is 1. The molecule has 0 aliphatic heterocycles. The van der Waals surface area contributed by atoms with E-state index in [-0.39, 0.29) is 5.82 Å². The van der Waals surface area contributed by atoms with Gasteiger partial charge in [-0.3, -0.25) is 4.57 Å². The molecule has 0 saturated heterocycles. The summed E-state index contributed by atoms with van der Waals surface area (Å²) in [6.45, 7) is 0. The molecule has 0 atom stereocenters. The average Bonchev–Trinajstić information content (AvgIpc) is 2.95. The Kier molecular flexibility index (Phi) is 3.08. The number of para-hydroxylation sites is 2. The first-order valence-electron chi connectivity index (χ1n) is 7.32. The summed E-state index contributed by atoms with van der Waals surface area (Å²) < 4.78 is 15.3. The molecule has 4 aromatic rings. The number of rotatable bonds is 2. The summed E-state index contributed by atoms with van der Waals surface area (Å²) in [4.78, 5) is 4.74. The number of benzene rings is 3. The Morgan fingerprint density at radius 1 is 0.870 bits per heavy atom. The fraction of sp³-hybridized carbons (Fsp3) is 0. The third kappa shape index (κ3) is 2.34. The molecule has 23 heavy (non-hydrogen) atoms. The van der Waals surface area contributed by atoms with Crippen LogP contribution in [-0.4, -0.2) is 9.55 Å². The summed E-state index contributed by atoms with van der Waals surface area (Å²) in [6, 6.07) is 21.9. The molecule has 1 heterocycles. The van der Waals surface area contributed by atoms with Crippen molar-refractivity contribution in [2.24, 2.45) is 0 Å². The van der Waals surface area contributed by atoms with Gasteiger partial charge in [0.25, 0.3) is 0 Å². The van der Waals surface area contributed by atoms with Crippen molar-refractivity contribution in [3.8, 4) is 17.1 Å². The maximum absolute atomic E-state index is 13.3. The van der Waals surface area contributed by atoms with E-state index in [1.54, 1.807) is 12.1 Å². The zero-order valence-electron chi connectivity index (χ0n) is 12.3. The summed E-state index contributed by atoms with van der Waals surface area (Å²) in [5, 5.41) is 0. The Morgan fingerprint density at radius 3 is 2.43 bits per heavy atom. The molecule has 0 aliphatic rings. The molecule has 0 amide bonds. The minimum atomic E-state index is -0.260. The normalized spacial score (nSPS) is 11.0. The minimum absolute atomic E-state index is 0.260. The molecule has 3 aromatic carbocycles. The number of halogens is 1. The Balaban J connectivity index is 2.04. The van der Waals surface area contributed by atoms with Crippen LogP contribution < -0.4 is 5.73 Å². The van der Waals surface area contributed by atoms with E-state index in [1.165, 1.54) is 12.1 Å². The first-order chi connectivity index (χ1) is 11.2. The topological polar surface area (TPSA) is 43.8 Å². The van der Waals surface area contributed by atoms with E-state index >= 15 is 0 Å². The minimum Gasteiger partial charge on any atom is -0.399 e. The van der Waals surface area contributed by atoms with E-state index in [4.69, 9.17) is 10.7 Å². The monoisotopic (exact) mass is 303 g/mol. The van der Waals surface area contributed by atoms with Gasteiger partial charge in [-0.15, -0.1) is 0 Å². The largest absolute Gasteiger partial charge is 0.399 e. The van der Waals surface area contributed by atoms with Crippen LogP contribution in [0.4, 0.5) is 10.1 Å². The van der Waals surface area contributed by atoms with Crippen LogP contribution in [0.15, 0.2) is 72.8 Å². The fourth-order valence-corrected chi connectivity index (χ4v) is 2.75. The fourth-order valence-electron chi connectivity index (χ4n) is 2.75. The predicted molar refractivity (Wildman–Crippen MR) is 90.9 cm³/mol. The van der Waals surface area contributed by atoms with Crippen LogP contribution in [0.1, 0.15) is 0 Å². The van der Waals surface area contributed by atoms with Gasteiger partial charge in [-0.05, 0) is 48.5 Å². The second-order valence-corrected chi connectivity index (χ2v) is 5.36. The number of imidazole rings is 1. The van der Waals surface area contributed by atoms with Gasteiger partial charge in [-0.1, -0.05) is 24.3 Å². The number of anilines is 1. The van der Waals surface area contributed by atoms with Crippen LogP contribution in [0.3, 0.4) is 0 Å². The summed E-state index contributed by atoms with van der Waals surface area (Å²) in [7, 11) is 0. The highest BCUT2D eigenvalue weighted by molar-refractivity contribution is 5.83. The summed E-state index contributed by atoms with van der Waals surface area (Å²) in [5.41, 5.74) is 10.2. The van der Waals surface area contributed by atoms with E-state index in [0.29, 0.717) is 5.69 Å². The molecule has 0 saturated carbocycles. The second kappa shape index (κ2) is 5.25. The Labute approximate surface area is 132 Å². The Morgan fingerprint density at radius 2 is 1.65 bits per heavy atom. The molecule has 0 spiro atoms. The summed E-state index contributed by atoms with van der Waals surface area (Å²) >= 11 is 0. The molecule has 0 unspecified atom stereocenters. The van der Waals surface area contributed by atoms with Gasteiger partial charge in [0.05, 0.1) is 11.0 Å². The molecule has 4 rings (SSSR count). The van der Waals surface area contributed by atoms with Crippen LogP contribution in [0.25, 0.3) is 28.1 Å². The number of hydrogen-bond acceptors (Lipinski definition) is 2. The second-order valence-electron chi connectivity index (χ2n) is 5.36. The lowest BCUT2D eigenvalue weighted by Gasteiger charge is -2.10. The van der Waals surface area contributed by atoms with Crippen molar-refractivity contribution in [3.63, 3.8) is 0 Å². The van der Waals surface area contributed by atoms with Gasteiger partial charge in [0, 0.05) is 16.9 Å². The van der Waals surface area contributed by atoms with Crippen LogP contribution in [0.5, 0.6) is 0 Å². The smallest absolute Gasteiger partial charge is 0.145 e. The molecular weight excluding hydrogens is 289 g/mol. The van der Waals surface area contributed by atoms with Gasteiger partial charge in [-0.25, -0.2) is 9.37 Å². The molecule has 0 radical (unpaired) electrons. The van der Waals surface area contributed by atoms with Crippen LogP contribution in [0, 0.1) is 5.82 Å². The molecule has 2 N–H and O–H groups in total. The van der Waals surface area contributed by atoms with Gasteiger partial charge >= 0.3 is 0 Å². The van der Waals surface area contributed by atoms with E-state index in [0.717, 1.165) is 28.1 Å². The van der Waals surface area contributed by atoms with Gasteiger partial charge in [0.1, 0.15) is 11.6 Å². The predicted octanol–water partition coefficient (Wildman–Crippen LogP) is 4.41. The third-order valence-electron chi connectivity index (χ3n) is 3.79. The number of nitrogens with zero attached hydrogens (tertiary/aromatic N) is 2. The number of aromatic nitrogens is 2. The quantitative estimate of drug-likeness (QED) is 0.557. The van der Waals surface area contributed by atoms with Crippen LogP contribution in [0.2, 0.25) is 0 Å². The summed E-state index contributed by atoms with van der Waals surface area (Å²) in [5.74, 6) is 0.522. The lowest BCUT2D eigenvalue weighted by atomic mass is 10.2. The molecular formula is C19H14FN3. The molecule has 4 heteroatoms. The van der Waals surface area contributed by atoms with Crippen molar-refractivity contribution in [1.82, 2.24) is 9.55 Å². The van der Waals surface area contributed by atoms with Crippen molar-refractivity contribution in [2.75, 3.05) is 5.73 Å². The van der Waals surface area contributed by atoms with Crippen molar-refractivity contribution in [1.29, 1.82) is 0 Å². The van der Waals surface area contributed by atoms with Crippen molar-refractivity contribution >= 4 is 16.7 Å². The summed E-state index contributed by atoms with van der Waals surface area (Å²) in [6.07, 6.45) is 0. The van der Waals surface area contributed by atoms with E-state index < -0.39 is 0 Å². The van der Waals surface area contributed by atoms with Gasteiger partial charge in [0.15, 0.2) is 0 Å². The highest BCUT2D eigenvalue weighted by Gasteiger charge is 2.14. The highest BCUT2D eigenvalue weighted by atomic mass is 19.1. The Hall–Kier alpha value is -3.14. The zero-order chi connectivity index (χ0) is 15.8. The van der Waals surface area contributed by atoms with Crippen molar-refractivity contribution < 1.29 is 4.39 Å². The molecule has 0 aliphatic carbocycles. The third-order valence-corrected chi connectivity index (χ3v) is 3.79. The zero-order valence-corrected chi connectivity index (χ0v) is 12.3. The number of nitrogen functional groups attached to an aromatic ring is 1. The standard InChI is InChI=1S/C19H14FN3/c20-14-8-10-16(11-9-14)23-18-7-2-1-6-17(18)22-19(23)13-4-3-5-15(21)12-13/h1-12H,21H2. The molecule has 3 nitrogen and oxygen atoms in total. The van der Waals surface area contributed by atoms with Gasteiger partial charge < -0.3 is 5.73 Å². The van der Waals surface area contributed by atoms with Crippen molar-refractivity contribution in [3.05, 3.63) is 78.6 Å². The number of hydrogen-bond donors (Lipinski definition) is 1. The van der Waals surface area contributed by atoms with Crippen molar-refractivity contribution in [2.45, 2.75) is 0 Å². The molecule has 112 valence electrons. The molecule has 0 fully saturated rings. The first kappa shape index (κ1) is 13.5. The molecule has 1 aromatic heterocycles. The highest BCUT2D eigenvalue weighted by Crippen LogP contribution is 2.29. The average molecular weight is 303 g/mol. The Bertz CT molecular complexity index is 987.